The second-order valence-electron chi connectivity index (χ2n) is 4.27. The van der Waals surface area contributed by atoms with Crippen LogP contribution >= 0.6 is 0 Å². The quantitative estimate of drug-likeness (QED) is 0.719. The Morgan fingerprint density at radius 1 is 1.38 bits per heavy atom. The van der Waals surface area contributed by atoms with E-state index in [9.17, 15) is 8.42 Å². The highest BCUT2D eigenvalue weighted by molar-refractivity contribution is 7.89. The predicted octanol–water partition coefficient (Wildman–Crippen LogP) is 0.540. The lowest BCUT2D eigenvalue weighted by atomic mass is 10.1. The van der Waals surface area contributed by atoms with E-state index in [0.717, 1.165) is 5.56 Å². The molecule has 0 saturated carbocycles. The van der Waals surface area contributed by atoms with Crippen LogP contribution in [0.25, 0.3) is 0 Å². The fraction of sp³-hybridized carbons (Fsp3) is 0.214. The van der Waals surface area contributed by atoms with Crippen molar-refractivity contribution >= 4 is 10.0 Å². The van der Waals surface area contributed by atoms with Crippen molar-refractivity contribution in [3.8, 4) is 11.8 Å². The summed E-state index contributed by atoms with van der Waals surface area (Å²) in [7, 11) is -3.64. The molecule has 7 heteroatoms. The third kappa shape index (κ3) is 3.92. The Balaban J connectivity index is 2.17. The van der Waals surface area contributed by atoms with Gasteiger partial charge >= 0.3 is 0 Å². The zero-order valence-electron chi connectivity index (χ0n) is 11.4. The van der Waals surface area contributed by atoms with E-state index in [1.54, 1.807) is 31.2 Å². The lowest BCUT2D eigenvalue weighted by molar-refractivity contribution is 0.350. The van der Waals surface area contributed by atoms with Gasteiger partial charge in [-0.2, -0.15) is 0 Å². The molecule has 0 unspecified atom stereocenters. The summed E-state index contributed by atoms with van der Waals surface area (Å²) in [4.78, 5) is 6.55. The zero-order chi connectivity index (χ0) is 15.3. The molecule has 0 radical (unpaired) electrons. The molecule has 2 rings (SSSR count). The first-order valence-corrected chi connectivity index (χ1v) is 7.70. The first-order valence-electron chi connectivity index (χ1n) is 6.22. The SMILES string of the molecule is Cc1ncc(S(=O)(=O)NCc2ccccc2C#CCO)[nH]1. The van der Waals surface area contributed by atoms with Gasteiger partial charge < -0.3 is 10.1 Å². The molecule has 110 valence electrons. The van der Waals surface area contributed by atoms with Crippen LogP contribution in [0, 0.1) is 18.8 Å². The highest BCUT2D eigenvalue weighted by Crippen LogP contribution is 2.10. The van der Waals surface area contributed by atoms with Gasteiger partial charge in [-0.25, -0.2) is 18.1 Å². The van der Waals surface area contributed by atoms with Crippen LogP contribution in [0.3, 0.4) is 0 Å². The van der Waals surface area contributed by atoms with Gasteiger partial charge in [-0.05, 0) is 18.6 Å². The van der Waals surface area contributed by atoms with Gasteiger partial charge in [-0.3, -0.25) is 0 Å². The lowest BCUT2D eigenvalue weighted by Gasteiger charge is -2.06. The van der Waals surface area contributed by atoms with Crippen molar-refractivity contribution in [3.63, 3.8) is 0 Å². The van der Waals surface area contributed by atoms with Gasteiger partial charge in [0, 0.05) is 12.1 Å². The molecule has 0 aliphatic carbocycles. The van der Waals surface area contributed by atoms with Gasteiger partial charge in [0.15, 0.2) is 5.03 Å². The van der Waals surface area contributed by atoms with Crippen LogP contribution in [0.5, 0.6) is 0 Å². The maximum Gasteiger partial charge on any atom is 0.257 e. The third-order valence-corrected chi connectivity index (χ3v) is 4.05. The number of sulfonamides is 1. The molecule has 0 atom stereocenters. The Bertz CT molecular complexity index is 785. The summed E-state index contributed by atoms with van der Waals surface area (Å²) < 4.78 is 26.7. The molecular formula is C14H15N3O3S. The van der Waals surface area contributed by atoms with E-state index in [0.29, 0.717) is 11.4 Å². The second kappa shape index (κ2) is 6.54. The number of aromatic amines is 1. The first kappa shape index (κ1) is 15.3. The summed E-state index contributed by atoms with van der Waals surface area (Å²) in [5.41, 5.74) is 1.41. The third-order valence-electron chi connectivity index (χ3n) is 2.74. The molecule has 0 amide bonds. The highest BCUT2D eigenvalue weighted by atomic mass is 32.2. The minimum atomic E-state index is -3.64. The Kier molecular flexibility index (Phi) is 4.75. The normalized spacial score (nSPS) is 11.0. The molecule has 0 aliphatic rings. The smallest absolute Gasteiger partial charge is 0.257 e. The standard InChI is InChI=1S/C14H15N3O3S/c1-11-15-10-14(17-11)21(19,20)16-9-13-6-3-2-5-12(13)7-4-8-18/h2-3,5-6,10,16,18H,8-9H2,1H3,(H,15,17). The Morgan fingerprint density at radius 3 is 2.81 bits per heavy atom. The Labute approximate surface area is 123 Å². The monoisotopic (exact) mass is 305 g/mol. The molecule has 0 aliphatic heterocycles. The molecule has 21 heavy (non-hydrogen) atoms. The van der Waals surface area contributed by atoms with Crippen molar-refractivity contribution in [3.05, 3.63) is 47.4 Å². The van der Waals surface area contributed by atoms with Crippen molar-refractivity contribution in [2.45, 2.75) is 18.5 Å². The number of nitrogens with one attached hydrogen (secondary N) is 2. The number of benzene rings is 1. The summed E-state index contributed by atoms with van der Waals surface area (Å²) in [6, 6.07) is 7.15. The van der Waals surface area contributed by atoms with E-state index in [2.05, 4.69) is 26.5 Å². The van der Waals surface area contributed by atoms with Crippen LogP contribution in [0.2, 0.25) is 0 Å². The molecule has 1 aromatic heterocycles. The molecule has 0 saturated heterocycles. The summed E-state index contributed by atoms with van der Waals surface area (Å²) >= 11 is 0. The van der Waals surface area contributed by atoms with E-state index >= 15 is 0 Å². The zero-order valence-corrected chi connectivity index (χ0v) is 12.2. The molecule has 1 aromatic carbocycles. The number of aryl methyl sites for hydroxylation is 1. The number of imidazole rings is 1. The van der Waals surface area contributed by atoms with Gasteiger partial charge in [0.05, 0.1) is 6.20 Å². The van der Waals surface area contributed by atoms with Gasteiger partial charge in [-0.1, -0.05) is 30.0 Å². The minimum Gasteiger partial charge on any atom is -0.384 e. The highest BCUT2D eigenvalue weighted by Gasteiger charge is 2.16. The number of nitrogens with zero attached hydrogens (tertiary/aromatic N) is 1. The molecular weight excluding hydrogens is 290 g/mol. The predicted molar refractivity (Wildman–Crippen MR) is 77.8 cm³/mol. The first-order chi connectivity index (χ1) is 10.0. The number of aliphatic hydroxyl groups excluding tert-OH is 1. The van der Waals surface area contributed by atoms with Crippen molar-refractivity contribution in [1.29, 1.82) is 0 Å². The molecule has 0 fully saturated rings. The number of H-pyrrole nitrogens is 1. The van der Waals surface area contributed by atoms with E-state index in [1.165, 1.54) is 6.20 Å². The molecule has 2 aromatic rings. The molecule has 0 spiro atoms. The van der Waals surface area contributed by atoms with Gasteiger partial charge in [0.1, 0.15) is 12.4 Å². The fourth-order valence-electron chi connectivity index (χ4n) is 1.72. The maximum absolute atomic E-state index is 12.1. The van der Waals surface area contributed by atoms with Crippen molar-refractivity contribution in [1.82, 2.24) is 14.7 Å². The summed E-state index contributed by atoms with van der Waals surface area (Å²) in [6.07, 6.45) is 1.27. The average Bonchev–Trinajstić information content (AvgIpc) is 2.91. The number of rotatable bonds is 4. The molecule has 3 N–H and O–H groups in total. The fourth-order valence-corrected chi connectivity index (χ4v) is 2.69. The van der Waals surface area contributed by atoms with E-state index < -0.39 is 10.0 Å². The number of hydrogen-bond donors (Lipinski definition) is 3. The van der Waals surface area contributed by atoms with E-state index in [-0.39, 0.29) is 18.2 Å². The van der Waals surface area contributed by atoms with Crippen molar-refractivity contribution in [2.75, 3.05) is 6.61 Å². The number of aliphatic hydroxyl groups is 1. The van der Waals surface area contributed by atoms with Crippen LogP contribution in [-0.2, 0) is 16.6 Å². The topological polar surface area (TPSA) is 95.1 Å². The summed E-state index contributed by atoms with van der Waals surface area (Å²) in [5, 5.41) is 8.76. The molecule has 1 heterocycles. The van der Waals surface area contributed by atoms with Gasteiger partial charge in [-0.15, -0.1) is 0 Å². The maximum atomic E-state index is 12.1. The lowest BCUT2D eigenvalue weighted by Crippen LogP contribution is -2.24. The van der Waals surface area contributed by atoms with Gasteiger partial charge in [0.2, 0.25) is 0 Å². The van der Waals surface area contributed by atoms with Gasteiger partial charge in [0.25, 0.3) is 10.0 Å². The summed E-state index contributed by atoms with van der Waals surface area (Å²) in [6.45, 7) is 1.54. The van der Waals surface area contributed by atoms with Crippen LogP contribution in [-0.4, -0.2) is 30.1 Å². The van der Waals surface area contributed by atoms with E-state index in [4.69, 9.17) is 5.11 Å². The van der Waals surface area contributed by atoms with Crippen LogP contribution < -0.4 is 4.72 Å². The van der Waals surface area contributed by atoms with Crippen molar-refractivity contribution in [2.24, 2.45) is 0 Å². The van der Waals surface area contributed by atoms with Crippen LogP contribution in [0.4, 0.5) is 0 Å². The largest absolute Gasteiger partial charge is 0.384 e. The van der Waals surface area contributed by atoms with Crippen LogP contribution in [0.15, 0.2) is 35.5 Å². The molecule has 0 bridgehead atoms. The second-order valence-corrected chi connectivity index (χ2v) is 6.01. The Hall–Kier alpha value is -2.14. The number of aromatic nitrogens is 2. The minimum absolute atomic E-state index is 0.0268. The van der Waals surface area contributed by atoms with E-state index in [1.807, 2.05) is 0 Å². The summed E-state index contributed by atoms with van der Waals surface area (Å²) in [5.74, 6) is 5.87. The molecule has 6 nitrogen and oxygen atoms in total. The van der Waals surface area contributed by atoms with Crippen molar-refractivity contribution < 1.29 is 13.5 Å². The Morgan fingerprint density at radius 2 is 2.14 bits per heavy atom. The van der Waals surface area contributed by atoms with Crippen LogP contribution in [0.1, 0.15) is 17.0 Å². The number of hydrogen-bond acceptors (Lipinski definition) is 4. The average molecular weight is 305 g/mol.